The van der Waals surface area contributed by atoms with Crippen LogP contribution in [0.25, 0.3) is 0 Å². The summed E-state index contributed by atoms with van der Waals surface area (Å²) in [6, 6.07) is 5.32. The van der Waals surface area contributed by atoms with E-state index in [1.165, 1.54) is 0 Å². The van der Waals surface area contributed by atoms with Gasteiger partial charge in [0, 0.05) is 43.7 Å². The van der Waals surface area contributed by atoms with Crippen LogP contribution in [0.4, 0.5) is 0 Å². The van der Waals surface area contributed by atoms with Gasteiger partial charge in [0.2, 0.25) is 11.8 Å². The standard InChI is InChI=1S/C19H24N4O3/c1-19(20)7-8-22(11-19)9-12-3-2-4-13-10-23(18(26)16(12)13)14-5-6-15(24)21-17(14)25/h2-4,14H,5-11,20H2,1H3,(H,21,24,25)/t14?,19-/m0/s1. The number of amides is 3. The smallest absolute Gasteiger partial charge is 0.255 e. The predicted molar refractivity (Wildman–Crippen MR) is 95.0 cm³/mol. The average Bonchev–Trinajstić information content (AvgIpc) is 3.08. The monoisotopic (exact) mass is 356 g/mol. The molecule has 2 atom stereocenters. The third-order valence-electron chi connectivity index (χ3n) is 5.62. The molecular weight excluding hydrogens is 332 g/mol. The van der Waals surface area contributed by atoms with Crippen LogP contribution in [-0.2, 0) is 22.7 Å². The number of hydrogen-bond acceptors (Lipinski definition) is 5. The Kier molecular flexibility index (Phi) is 4.08. The molecule has 0 bridgehead atoms. The minimum absolute atomic E-state index is 0.111. The fourth-order valence-electron chi connectivity index (χ4n) is 4.28. The summed E-state index contributed by atoms with van der Waals surface area (Å²) in [5.41, 5.74) is 8.69. The summed E-state index contributed by atoms with van der Waals surface area (Å²) in [5.74, 6) is -0.753. The Hall–Kier alpha value is -2.25. The van der Waals surface area contributed by atoms with Crippen LogP contribution in [-0.4, -0.2) is 52.2 Å². The molecule has 4 rings (SSSR count). The Morgan fingerprint density at radius 2 is 2.12 bits per heavy atom. The van der Waals surface area contributed by atoms with Crippen LogP contribution < -0.4 is 11.1 Å². The Bertz CT molecular complexity index is 789. The molecule has 138 valence electrons. The van der Waals surface area contributed by atoms with Gasteiger partial charge in [0.15, 0.2) is 0 Å². The lowest BCUT2D eigenvalue weighted by Gasteiger charge is -2.29. The molecule has 0 radical (unpaired) electrons. The van der Waals surface area contributed by atoms with Crippen LogP contribution in [0.2, 0.25) is 0 Å². The van der Waals surface area contributed by atoms with Crippen LogP contribution in [0.15, 0.2) is 18.2 Å². The zero-order chi connectivity index (χ0) is 18.5. The van der Waals surface area contributed by atoms with Gasteiger partial charge in [-0.15, -0.1) is 0 Å². The number of nitrogens with zero attached hydrogens (tertiary/aromatic N) is 2. The summed E-state index contributed by atoms with van der Waals surface area (Å²) in [4.78, 5) is 40.5. The molecule has 1 aromatic carbocycles. The molecular formula is C19H24N4O3. The van der Waals surface area contributed by atoms with Crippen molar-refractivity contribution in [1.29, 1.82) is 0 Å². The number of imide groups is 1. The van der Waals surface area contributed by atoms with Gasteiger partial charge in [-0.25, -0.2) is 0 Å². The summed E-state index contributed by atoms with van der Waals surface area (Å²) < 4.78 is 0. The molecule has 0 aromatic heterocycles. The highest BCUT2D eigenvalue weighted by Gasteiger charge is 2.40. The summed E-state index contributed by atoms with van der Waals surface area (Å²) in [5, 5.41) is 2.34. The Morgan fingerprint density at radius 3 is 2.81 bits per heavy atom. The quantitative estimate of drug-likeness (QED) is 0.763. The van der Waals surface area contributed by atoms with Crippen molar-refractivity contribution in [2.75, 3.05) is 13.1 Å². The second-order valence-corrected chi connectivity index (χ2v) is 7.97. The van der Waals surface area contributed by atoms with Crippen molar-refractivity contribution >= 4 is 17.7 Å². The van der Waals surface area contributed by atoms with Gasteiger partial charge in [0.05, 0.1) is 0 Å². The van der Waals surface area contributed by atoms with Crippen molar-refractivity contribution < 1.29 is 14.4 Å². The first-order valence-corrected chi connectivity index (χ1v) is 9.11. The molecule has 3 aliphatic rings. The minimum atomic E-state index is -0.570. The first-order chi connectivity index (χ1) is 12.3. The van der Waals surface area contributed by atoms with Crippen molar-refractivity contribution in [3.05, 3.63) is 34.9 Å². The van der Waals surface area contributed by atoms with E-state index >= 15 is 0 Å². The van der Waals surface area contributed by atoms with Crippen LogP contribution in [0.5, 0.6) is 0 Å². The van der Waals surface area contributed by atoms with E-state index in [1.807, 2.05) is 18.2 Å². The molecule has 3 aliphatic heterocycles. The molecule has 26 heavy (non-hydrogen) atoms. The van der Waals surface area contributed by atoms with Crippen LogP contribution in [0, 0.1) is 0 Å². The number of piperidine rings is 1. The number of nitrogens with one attached hydrogen (secondary N) is 1. The molecule has 3 heterocycles. The zero-order valence-corrected chi connectivity index (χ0v) is 15.0. The molecule has 7 heteroatoms. The maximum absolute atomic E-state index is 13.1. The average molecular weight is 356 g/mol. The summed E-state index contributed by atoms with van der Waals surface area (Å²) >= 11 is 0. The highest BCUT2D eigenvalue weighted by atomic mass is 16.2. The number of fused-ring (bicyclic) bond motifs is 1. The van der Waals surface area contributed by atoms with Gasteiger partial charge in [0.25, 0.3) is 5.91 Å². The number of hydrogen-bond donors (Lipinski definition) is 2. The van der Waals surface area contributed by atoms with Crippen molar-refractivity contribution in [2.24, 2.45) is 5.73 Å². The van der Waals surface area contributed by atoms with Crippen molar-refractivity contribution in [1.82, 2.24) is 15.1 Å². The second-order valence-electron chi connectivity index (χ2n) is 7.97. The first-order valence-electron chi connectivity index (χ1n) is 9.11. The number of carbonyl (C=O) groups excluding carboxylic acids is 3. The molecule has 0 saturated carbocycles. The van der Waals surface area contributed by atoms with Crippen LogP contribution >= 0.6 is 0 Å². The van der Waals surface area contributed by atoms with Crippen molar-refractivity contribution in [3.8, 4) is 0 Å². The normalized spacial score (nSPS) is 29.2. The zero-order valence-electron chi connectivity index (χ0n) is 15.0. The SMILES string of the molecule is C[C@]1(N)CCN(Cc2cccc3c2C(=O)N(C2CCC(=O)NC2=O)C3)C1. The lowest BCUT2D eigenvalue weighted by Crippen LogP contribution is -2.52. The molecule has 3 N–H and O–H groups in total. The van der Waals surface area contributed by atoms with Crippen molar-refractivity contribution in [2.45, 2.75) is 50.9 Å². The lowest BCUT2D eigenvalue weighted by atomic mass is 10.0. The lowest BCUT2D eigenvalue weighted by molar-refractivity contribution is -0.136. The van der Waals surface area contributed by atoms with Gasteiger partial charge < -0.3 is 10.6 Å². The van der Waals surface area contributed by atoms with Crippen molar-refractivity contribution in [3.63, 3.8) is 0 Å². The number of carbonyl (C=O) groups is 3. The van der Waals surface area contributed by atoms with E-state index in [2.05, 4.69) is 17.1 Å². The maximum atomic E-state index is 13.1. The number of rotatable bonds is 3. The van der Waals surface area contributed by atoms with E-state index in [4.69, 9.17) is 5.73 Å². The highest BCUT2D eigenvalue weighted by molar-refractivity contribution is 6.05. The summed E-state index contributed by atoms with van der Waals surface area (Å²) in [6.45, 7) is 4.88. The fraction of sp³-hybridized carbons (Fsp3) is 0.526. The topological polar surface area (TPSA) is 95.7 Å². The molecule has 2 saturated heterocycles. The Morgan fingerprint density at radius 1 is 1.31 bits per heavy atom. The molecule has 1 aromatic rings. The predicted octanol–water partition coefficient (Wildman–Crippen LogP) is 0.371. The van der Waals surface area contributed by atoms with E-state index in [0.29, 0.717) is 25.1 Å². The second kappa shape index (κ2) is 6.17. The molecule has 0 spiro atoms. The van der Waals surface area contributed by atoms with Gasteiger partial charge in [-0.05, 0) is 30.9 Å². The fourth-order valence-corrected chi connectivity index (χ4v) is 4.28. The summed E-state index contributed by atoms with van der Waals surface area (Å²) in [6.07, 6.45) is 1.60. The van der Waals surface area contributed by atoms with Gasteiger partial charge in [0.1, 0.15) is 6.04 Å². The number of benzene rings is 1. The third kappa shape index (κ3) is 3.01. The number of nitrogens with two attached hydrogens (primary N) is 1. The van der Waals surface area contributed by atoms with E-state index in [9.17, 15) is 14.4 Å². The molecule has 1 unspecified atom stereocenters. The van der Waals surface area contributed by atoms with Crippen LogP contribution in [0.1, 0.15) is 47.7 Å². The van der Waals surface area contributed by atoms with E-state index < -0.39 is 6.04 Å². The Balaban J connectivity index is 1.55. The van der Waals surface area contributed by atoms with Gasteiger partial charge in [-0.3, -0.25) is 24.6 Å². The molecule has 2 fully saturated rings. The maximum Gasteiger partial charge on any atom is 0.255 e. The molecule has 0 aliphatic carbocycles. The number of likely N-dealkylation sites (tertiary alicyclic amines) is 1. The Labute approximate surface area is 152 Å². The van der Waals surface area contributed by atoms with E-state index in [-0.39, 0.29) is 29.7 Å². The van der Waals surface area contributed by atoms with Gasteiger partial charge in [-0.2, -0.15) is 0 Å². The molecule has 7 nitrogen and oxygen atoms in total. The minimum Gasteiger partial charge on any atom is -0.324 e. The molecule has 3 amide bonds. The van der Waals surface area contributed by atoms with E-state index in [0.717, 1.165) is 30.6 Å². The largest absolute Gasteiger partial charge is 0.324 e. The third-order valence-corrected chi connectivity index (χ3v) is 5.62. The van der Waals surface area contributed by atoms with Gasteiger partial charge >= 0.3 is 0 Å². The van der Waals surface area contributed by atoms with E-state index in [1.54, 1.807) is 4.90 Å². The van der Waals surface area contributed by atoms with Gasteiger partial charge in [-0.1, -0.05) is 18.2 Å². The van der Waals surface area contributed by atoms with Crippen LogP contribution in [0.3, 0.4) is 0 Å². The summed E-state index contributed by atoms with van der Waals surface area (Å²) in [7, 11) is 0. The first kappa shape index (κ1) is 17.2. The highest BCUT2D eigenvalue weighted by Crippen LogP contribution is 2.31.